The van der Waals surface area contributed by atoms with Crippen molar-refractivity contribution in [1.82, 2.24) is 19.5 Å². The highest BCUT2D eigenvalue weighted by Crippen LogP contribution is 2.46. The first kappa shape index (κ1) is 25.7. The SMILES string of the molecule is CC(C)Oc1cc(C#N)ccc1C1=N[C@@H](c2ccns2)[C@@H](c2ccc(Cl)cc2)N1C(=O)N1CCNC(=O)C1. The summed E-state index contributed by atoms with van der Waals surface area (Å²) < 4.78 is 10.4. The van der Waals surface area contributed by atoms with E-state index in [0.717, 1.165) is 10.4 Å². The zero-order valence-corrected chi connectivity index (χ0v) is 22.4. The third kappa shape index (κ3) is 5.08. The summed E-state index contributed by atoms with van der Waals surface area (Å²) in [6.45, 7) is 4.48. The fraction of sp³-hybridized carbons (Fsp3) is 0.296. The minimum Gasteiger partial charge on any atom is -0.490 e. The monoisotopic (exact) mass is 548 g/mol. The predicted molar refractivity (Wildman–Crippen MR) is 144 cm³/mol. The standard InChI is InChI=1S/C27H25ClN6O3S/c1-16(2)37-21-13-17(14-29)3-8-20(21)26-32-24(22-9-10-31-38-22)25(18-4-6-19(28)7-5-18)34(26)27(36)33-12-11-30-23(35)15-33/h3-10,13,16,24-25H,11-12,15H2,1-2H3,(H,30,35)/t24-,25+/m0/s1. The van der Waals surface area contributed by atoms with Crippen LogP contribution in [0.25, 0.3) is 0 Å². The normalized spacial score (nSPS) is 19.2. The second kappa shape index (κ2) is 10.8. The Morgan fingerprint density at radius 2 is 2.03 bits per heavy atom. The van der Waals surface area contributed by atoms with Crippen LogP contribution < -0.4 is 10.1 Å². The quantitative estimate of drug-likeness (QED) is 0.503. The van der Waals surface area contributed by atoms with Gasteiger partial charge in [0.15, 0.2) is 0 Å². The number of carbonyl (C=O) groups is 2. The van der Waals surface area contributed by atoms with Crippen molar-refractivity contribution in [2.45, 2.75) is 32.0 Å². The number of nitrogens with one attached hydrogen (secondary N) is 1. The molecule has 38 heavy (non-hydrogen) atoms. The second-order valence-electron chi connectivity index (χ2n) is 9.22. The number of rotatable bonds is 5. The van der Waals surface area contributed by atoms with E-state index in [-0.39, 0.29) is 24.6 Å². The molecule has 3 aromatic rings. The summed E-state index contributed by atoms with van der Waals surface area (Å²) in [5.41, 5.74) is 1.85. The number of benzene rings is 2. The van der Waals surface area contributed by atoms with E-state index in [1.165, 1.54) is 16.4 Å². The first-order chi connectivity index (χ1) is 18.4. The third-order valence-corrected chi connectivity index (χ3v) is 7.32. The van der Waals surface area contributed by atoms with Gasteiger partial charge in [0.2, 0.25) is 5.91 Å². The maximum Gasteiger partial charge on any atom is 0.326 e. The van der Waals surface area contributed by atoms with Gasteiger partial charge in [0.25, 0.3) is 0 Å². The molecule has 0 spiro atoms. The molecule has 2 atom stereocenters. The van der Waals surface area contributed by atoms with Crippen LogP contribution >= 0.6 is 23.1 Å². The van der Waals surface area contributed by atoms with Gasteiger partial charge in [-0.1, -0.05) is 23.7 Å². The average molecular weight is 549 g/mol. The Morgan fingerprint density at radius 3 is 2.68 bits per heavy atom. The van der Waals surface area contributed by atoms with Crippen LogP contribution in [0.15, 0.2) is 59.7 Å². The van der Waals surface area contributed by atoms with Crippen molar-refractivity contribution in [2.24, 2.45) is 4.99 Å². The molecule has 0 saturated carbocycles. The molecule has 2 aliphatic heterocycles. The van der Waals surface area contributed by atoms with E-state index >= 15 is 0 Å². The minimum absolute atomic E-state index is 0.0517. The summed E-state index contributed by atoms with van der Waals surface area (Å²) >= 11 is 7.52. The zero-order valence-electron chi connectivity index (χ0n) is 20.8. The maximum absolute atomic E-state index is 14.2. The van der Waals surface area contributed by atoms with Crippen molar-refractivity contribution in [3.63, 3.8) is 0 Å². The van der Waals surface area contributed by atoms with Gasteiger partial charge in [0.1, 0.15) is 24.2 Å². The number of amidine groups is 1. The van der Waals surface area contributed by atoms with Crippen LogP contribution in [0.5, 0.6) is 5.75 Å². The van der Waals surface area contributed by atoms with Crippen LogP contribution in [0.4, 0.5) is 4.79 Å². The van der Waals surface area contributed by atoms with Crippen LogP contribution in [0.3, 0.4) is 0 Å². The molecule has 1 aromatic heterocycles. The van der Waals surface area contributed by atoms with Gasteiger partial charge in [0, 0.05) is 24.3 Å². The molecule has 0 aliphatic carbocycles. The Bertz CT molecular complexity index is 1420. The number of nitrogens with zero attached hydrogens (tertiary/aromatic N) is 5. The number of urea groups is 1. The van der Waals surface area contributed by atoms with Crippen molar-refractivity contribution in [2.75, 3.05) is 19.6 Å². The van der Waals surface area contributed by atoms with Gasteiger partial charge >= 0.3 is 6.03 Å². The largest absolute Gasteiger partial charge is 0.490 e. The summed E-state index contributed by atoms with van der Waals surface area (Å²) in [5, 5.41) is 12.9. The Balaban J connectivity index is 1.69. The number of aliphatic imine (C=N–C) groups is 1. The number of halogens is 1. The molecule has 3 amide bonds. The third-order valence-electron chi connectivity index (χ3n) is 6.26. The fourth-order valence-electron chi connectivity index (χ4n) is 4.62. The van der Waals surface area contributed by atoms with E-state index < -0.39 is 12.1 Å². The Morgan fingerprint density at radius 1 is 1.24 bits per heavy atom. The Labute approximate surface area is 229 Å². The molecular formula is C27H25ClN6O3S. The lowest BCUT2D eigenvalue weighted by atomic mass is 9.98. The van der Waals surface area contributed by atoms with Gasteiger partial charge in [-0.15, -0.1) is 0 Å². The molecule has 0 radical (unpaired) electrons. The van der Waals surface area contributed by atoms with Crippen molar-refractivity contribution < 1.29 is 14.3 Å². The number of ether oxygens (including phenoxy) is 1. The molecule has 0 unspecified atom stereocenters. The fourth-order valence-corrected chi connectivity index (χ4v) is 5.40. The van der Waals surface area contributed by atoms with Crippen LogP contribution in [-0.4, -0.2) is 57.7 Å². The number of carbonyl (C=O) groups excluding carboxylic acids is 2. The average Bonchev–Trinajstić information content (AvgIpc) is 3.57. The Hall–Kier alpha value is -3.94. The lowest BCUT2D eigenvalue weighted by Gasteiger charge is -2.35. The lowest BCUT2D eigenvalue weighted by molar-refractivity contribution is -0.123. The van der Waals surface area contributed by atoms with Gasteiger partial charge in [-0.25, -0.2) is 9.17 Å². The summed E-state index contributed by atoms with van der Waals surface area (Å²) in [5.74, 6) is 0.637. The summed E-state index contributed by atoms with van der Waals surface area (Å²) in [6.07, 6.45) is 1.53. The van der Waals surface area contributed by atoms with Gasteiger partial charge in [-0.05, 0) is 67.3 Å². The molecule has 1 fully saturated rings. The predicted octanol–water partition coefficient (Wildman–Crippen LogP) is 4.55. The molecule has 9 nitrogen and oxygen atoms in total. The highest BCUT2D eigenvalue weighted by Gasteiger charge is 2.45. The van der Waals surface area contributed by atoms with Crippen molar-refractivity contribution >= 4 is 40.9 Å². The van der Waals surface area contributed by atoms with Gasteiger partial charge < -0.3 is 15.0 Å². The van der Waals surface area contributed by atoms with E-state index in [9.17, 15) is 14.9 Å². The summed E-state index contributed by atoms with van der Waals surface area (Å²) in [4.78, 5) is 35.6. The molecule has 1 N–H and O–H groups in total. The zero-order chi connectivity index (χ0) is 26.8. The van der Waals surface area contributed by atoms with Gasteiger partial charge in [0.05, 0.1) is 34.2 Å². The van der Waals surface area contributed by atoms with E-state index in [1.54, 1.807) is 41.4 Å². The van der Waals surface area contributed by atoms with E-state index in [1.807, 2.05) is 32.0 Å². The number of hydrogen-bond donors (Lipinski definition) is 1. The molecule has 194 valence electrons. The lowest BCUT2D eigenvalue weighted by Crippen LogP contribution is -2.55. The van der Waals surface area contributed by atoms with Crippen molar-refractivity contribution in [3.8, 4) is 11.8 Å². The van der Waals surface area contributed by atoms with Crippen LogP contribution in [0.1, 0.15) is 47.5 Å². The van der Waals surface area contributed by atoms with Crippen LogP contribution in [0, 0.1) is 11.3 Å². The highest BCUT2D eigenvalue weighted by atomic mass is 35.5. The van der Waals surface area contributed by atoms with E-state index in [0.29, 0.717) is 40.8 Å². The number of aromatic nitrogens is 1. The number of hydrogen-bond acceptors (Lipinski definition) is 7. The van der Waals surface area contributed by atoms with Crippen LogP contribution in [0.2, 0.25) is 5.02 Å². The molecule has 2 aliphatic rings. The number of nitriles is 1. The Kier molecular flexibility index (Phi) is 7.31. The second-order valence-corrected chi connectivity index (χ2v) is 10.5. The maximum atomic E-state index is 14.2. The molecule has 2 aromatic carbocycles. The molecule has 3 heterocycles. The summed E-state index contributed by atoms with van der Waals surface area (Å²) in [6, 6.07) is 15.1. The molecular weight excluding hydrogens is 524 g/mol. The highest BCUT2D eigenvalue weighted by molar-refractivity contribution is 7.05. The molecule has 11 heteroatoms. The van der Waals surface area contributed by atoms with Gasteiger partial charge in [-0.3, -0.25) is 14.7 Å². The summed E-state index contributed by atoms with van der Waals surface area (Å²) in [7, 11) is 0. The molecule has 5 rings (SSSR count). The topological polar surface area (TPSA) is 111 Å². The van der Waals surface area contributed by atoms with E-state index in [2.05, 4.69) is 15.8 Å². The molecule has 0 bridgehead atoms. The first-order valence-corrected chi connectivity index (χ1v) is 13.3. The minimum atomic E-state index is -0.525. The van der Waals surface area contributed by atoms with Crippen molar-refractivity contribution in [1.29, 1.82) is 5.26 Å². The smallest absolute Gasteiger partial charge is 0.326 e. The van der Waals surface area contributed by atoms with Gasteiger partial charge in [-0.2, -0.15) is 5.26 Å². The van der Waals surface area contributed by atoms with Crippen molar-refractivity contribution in [3.05, 3.63) is 81.3 Å². The number of amides is 3. The molecule has 1 saturated heterocycles. The van der Waals surface area contributed by atoms with E-state index in [4.69, 9.17) is 21.3 Å². The van der Waals surface area contributed by atoms with Crippen LogP contribution in [-0.2, 0) is 4.79 Å². The first-order valence-electron chi connectivity index (χ1n) is 12.2. The number of piperazine rings is 1.